The quantitative estimate of drug-likeness (QED) is 0.745. The van der Waals surface area contributed by atoms with Gasteiger partial charge in [-0.25, -0.2) is 0 Å². The van der Waals surface area contributed by atoms with Gasteiger partial charge in [-0.05, 0) is 32.2 Å². The lowest BCUT2D eigenvalue weighted by molar-refractivity contribution is -0.137. The van der Waals surface area contributed by atoms with Crippen LogP contribution in [0.3, 0.4) is 0 Å². The highest BCUT2D eigenvalue weighted by molar-refractivity contribution is 5.82. The molecule has 0 radical (unpaired) electrons. The molecule has 2 amide bonds. The van der Waals surface area contributed by atoms with E-state index in [1.165, 1.54) is 0 Å². The zero-order valence-corrected chi connectivity index (χ0v) is 13.2. The Hall–Kier alpha value is -1.14. The molecule has 0 saturated carbocycles. The molecule has 0 spiro atoms. The molecule has 6 heteroatoms. The van der Waals surface area contributed by atoms with Gasteiger partial charge in [0.2, 0.25) is 11.8 Å². The summed E-state index contributed by atoms with van der Waals surface area (Å²) in [6, 6.07) is -0.0197. The lowest BCUT2D eigenvalue weighted by Crippen LogP contribution is -2.57. The van der Waals surface area contributed by atoms with Crippen LogP contribution in [-0.2, 0) is 9.59 Å². The fourth-order valence-corrected chi connectivity index (χ4v) is 3.16. The van der Waals surface area contributed by atoms with E-state index in [2.05, 4.69) is 22.5 Å². The highest BCUT2D eigenvalue weighted by atomic mass is 16.2. The van der Waals surface area contributed by atoms with Crippen LogP contribution in [0.25, 0.3) is 0 Å². The molecule has 2 rings (SSSR count). The molecule has 2 N–H and O–H groups in total. The molecule has 2 fully saturated rings. The number of amides is 2. The first kappa shape index (κ1) is 16.2. The van der Waals surface area contributed by atoms with Crippen LogP contribution in [0, 0.1) is 5.92 Å². The van der Waals surface area contributed by atoms with E-state index < -0.39 is 0 Å². The Morgan fingerprint density at radius 1 is 1.24 bits per heavy atom. The summed E-state index contributed by atoms with van der Waals surface area (Å²) in [5.41, 5.74) is 0. The Kier molecular flexibility index (Phi) is 5.99. The van der Waals surface area contributed by atoms with Crippen LogP contribution in [0.1, 0.15) is 26.7 Å². The monoisotopic (exact) mass is 296 g/mol. The maximum absolute atomic E-state index is 12.6. The second kappa shape index (κ2) is 7.75. The number of hydrogen-bond acceptors (Lipinski definition) is 4. The maximum atomic E-state index is 12.6. The van der Waals surface area contributed by atoms with Gasteiger partial charge in [-0.3, -0.25) is 14.5 Å². The molecule has 2 unspecified atom stereocenters. The van der Waals surface area contributed by atoms with Crippen LogP contribution in [-0.4, -0.2) is 73.5 Å². The van der Waals surface area contributed by atoms with Gasteiger partial charge in [-0.1, -0.05) is 6.92 Å². The molecule has 2 atom stereocenters. The van der Waals surface area contributed by atoms with E-state index in [1.54, 1.807) is 0 Å². The summed E-state index contributed by atoms with van der Waals surface area (Å²) < 4.78 is 0. The number of carbonyl (C=O) groups is 2. The first-order valence-corrected chi connectivity index (χ1v) is 8.13. The van der Waals surface area contributed by atoms with Gasteiger partial charge >= 0.3 is 0 Å². The van der Waals surface area contributed by atoms with Crippen molar-refractivity contribution in [1.29, 1.82) is 0 Å². The van der Waals surface area contributed by atoms with E-state index >= 15 is 0 Å². The predicted molar refractivity (Wildman–Crippen MR) is 81.9 cm³/mol. The molecule has 2 aliphatic heterocycles. The van der Waals surface area contributed by atoms with E-state index in [1.807, 2.05) is 11.8 Å². The van der Waals surface area contributed by atoms with Crippen LogP contribution < -0.4 is 10.6 Å². The van der Waals surface area contributed by atoms with Crippen molar-refractivity contribution in [1.82, 2.24) is 20.4 Å². The number of piperazine rings is 1. The normalized spacial score (nSPS) is 27.4. The van der Waals surface area contributed by atoms with Gasteiger partial charge < -0.3 is 15.5 Å². The van der Waals surface area contributed by atoms with Crippen molar-refractivity contribution in [3.63, 3.8) is 0 Å². The van der Waals surface area contributed by atoms with Gasteiger partial charge in [0, 0.05) is 32.7 Å². The van der Waals surface area contributed by atoms with Crippen LogP contribution in [0.2, 0.25) is 0 Å². The molecule has 0 aliphatic carbocycles. The molecule has 21 heavy (non-hydrogen) atoms. The minimum absolute atomic E-state index is 0.0197. The molecule has 0 aromatic heterocycles. The fraction of sp³-hybridized carbons (Fsp3) is 0.867. The zero-order valence-electron chi connectivity index (χ0n) is 13.2. The van der Waals surface area contributed by atoms with Crippen molar-refractivity contribution in [2.45, 2.75) is 32.7 Å². The first-order valence-electron chi connectivity index (χ1n) is 8.13. The molecule has 2 aliphatic rings. The van der Waals surface area contributed by atoms with Crippen molar-refractivity contribution in [2.75, 3.05) is 45.8 Å². The summed E-state index contributed by atoms with van der Waals surface area (Å²) in [5.74, 6) is 0.722. The van der Waals surface area contributed by atoms with E-state index in [-0.39, 0.29) is 17.9 Å². The summed E-state index contributed by atoms with van der Waals surface area (Å²) in [5, 5.41) is 6.17. The summed E-state index contributed by atoms with van der Waals surface area (Å²) in [6.45, 7) is 9.14. The number of nitrogens with zero attached hydrogens (tertiary/aromatic N) is 2. The Labute approximate surface area is 127 Å². The molecule has 120 valence electrons. The zero-order chi connectivity index (χ0) is 15.2. The predicted octanol–water partition coefficient (Wildman–Crippen LogP) is -0.345. The Balaban J connectivity index is 1.77. The van der Waals surface area contributed by atoms with Gasteiger partial charge in [0.25, 0.3) is 0 Å². The second-order valence-electron chi connectivity index (χ2n) is 6.11. The Morgan fingerprint density at radius 2 is 1.95 bits per heavy atom. The van der Waals surface area contributed by atoms with Gasteiger partial charge in [0.15, 0.2) is 0 Å². The molecule has 2 saturated heterocycles. The summed E-state index contributed by atoms with van der Waals surface area (Å²) in [4.78, 5) is 28.2. The maximum Gasteiger partial charge on any atom is 0.240 e. The topological polar surface area (TPSA) is 64.7 Å². The molecular formula is C15H28N4O2. The van der Waals surface area contributed by atoms with Crippen molar-refractivity contribution in [3.8, 4) is 0 Å². The van der Waals surface area contributed by atoms with E-state index in [4.69, 9.17) is 0 Å². The molecule has 2 heterocycles. The van der Waals surface area contributed by atoms with Crippen LogP contribution in [0.5, 0.6) is 0 Å². The highest BCUT2D eigenvalue weighted by Crippen LogP contribution is 2.18. The number of nitrogens with one attached hydrogen (secondary N) is 2. The number of carbonyl (C=O) groups excluding carboxylic acids is 2. The number of hydrogen-bond donors (Lipinski definition) is 2. The second-order valence-corrected chi connectivity index (χ2v) is 6.11. The third-order valence-electron chi connectivity index (χ3n) is 4.46. The standard InChI is InChI=1S/C15H28N4O2/c1-3-16-13(20)11-18-7-9-19(10-8-18)15(21)14-12(2)5-4-6-17-14/h12,14,17H,3-11H2,1-2H3,(H,16,20). The summed E-state index contributed by atoms with van der Waals surface area (Å²) >= 11 is 0. The molecule has 0 aromatic rings. The Bertz CT molecular complexity index is 367. The Morgan fingerprint density at radius 3 is 2.57 bits per heavy atom. The molecule has 6 nitrogen and oxygen atoms in total. The van der Waals surface area contributed by atoms with Crippen molar-refractivity contribution in [3.05, 3.63) is 0 Å². The minimum atomic E-state index is -0.0197. The third-order valence-corrected chi connectivity index (χ3v) is 4.46. The van der Waals surface area contributed by atoms with Gasteiger partial charge in [-0.15, -0.1) is 0 Å². The lowest BCUT2D eigenvalue weighted by atomic mass is 9.91. The molecule has 0 aromatic carbocycles. The van der Waals surface area contributed by atoms with Crippen molar-refractivity contribution < 1.29 is 9.59 Å². The summed E-state index contributed by atoms with van der Waals surface area (Å²) in [6.07, 6.45) is 2.28. The number of likely N-dealkylation sites (N-methyl/N-ethyl adjacent to an activating group) is 1. The largest absolute Gasteiger partial charge is 0.355 e. The smallest absolute Gasteiger partial charge is 0.240 e. The number of piperidine rings is 1. The van der Waals surface area contributed by atoms with Gasteiger partial charge in [0.1, 0.15) is 0 Å². The van der Waals surface area contributed by atoms with Crippen molar-refractivity contribution >= 4 is 11.8 Å². The minimum Gasteiger partial charge on any atom is -0.355 e. The van der Waals surface area contributed by atoms with Crippen LogP contribution in [0.15, 0.2) is 0 Å². The van der Waals surface area contributed by atoms with Crippen LogP contribution >= 0.6 is 0 Å². The number of rotatable bonds is 4. The van der Waals surface area contributed by atoms with Gasteiger partial charge in [0.05, 0.1) is 12.6 Å². The fourth-order valence-electron chi connectivity index (χ4n) is 3.16. The van der Waals surface area contributed by atoms with E-state index in [0.717, 1.165) is 45.6 Å². The molecular weight excluding hydrogens is 268 g/mol. The van der Waals surface area contributed by atoms with Gasteiger partial charge in [-0.2, -0.15) is 0 Å². The van der Waals surface area contributed by atoms with E-state index in [9.17, 15) is 9.59 Å². The highest BCUT2D eigenvalue weighted by Gasteiger charge is 2.32. The molecule has 0 bridgehead atoms. The summed E-state index contributed by atoms with van der Waals surface area (Å²) in [7, 11) is 0. The average molecular weight is 296 g/mol. The van der Waals surface area contributed by atoms with Crippen LogP contribution in [0.4, 0.5) is 0 Å². The first-order chi connectivity index (χ1) is 10.1. The average Bonchev–Trinajstić information content (AvgIpc) is 2.48. The SMILES string of the molecule is CCNC(=O)CN1CCN(C(=O)C2NCCCC2C)CC1. The third kappa shape index (κ3) is 4.41. The van der Waals surface area contributed by atoms with Crippen molar-refractivity contribution in [2.24, 2.45) is 5.92 Å². The lowest BCUT2D eigenvalue weighted by Gasteiger charge is -2.38. The van der Waals surface area contributed by atoms with E-state index in [0.29, 0.717) is 19.0 Å².